The Labute approximate surface area is 85.4 Å². The van der Waals surface area contributed by atoms with E-state index in [0.717, 1.165) is 6.42 Å². The van der Waals surface area contributed by atoms with Crippen LogP contribution in [-0.4, -0.2) is 7.85 Å². The Bertz CT molecular complexity index is 25.7. The van der Waals surface area contributed by atoms with Crippen molar-refractivity contribution in [2.24, 2.45) is 0 Å². The quantitative estimate of drug-likeness (QED) is 0.358. The van der Waals surface area contributed by atoms with E-state index in [0.29, 0.717) is 5.82 Å². The third kappa shape index (κ3) is 9.20. The van der Waals surface area contributed by atoms with E-state index in [9.17, 15) is 0 Å². The van der Waals surface area contributed by atoms with Crippen LogP contribution in [0.1, 0.15) is 21.7 Å². The van der Waals surface area contributed by atoms with Gasteiger partial charge in [0.25, 0.3) is 0 Å². The van der Waals surface area contributed by atoms with E-state index in [1.807, 2.05) is 6.92 Å². The van der Waals surface area contributed by atoms with Crippen molar-refractivity contribution in [1.29, 1.82) is 0 Å². The van der Waals surface area contributed by atoms with Crippen LogP contribution in [0.4, 0.5) is 0 Å². The fourth-order valence-corrected chi connectivity index (χ4v) is 0. The van der Waals surface area contributed by atoms with Gasteiger partial charge in [0.05, 0.1) is 7.85 Å². The third-order valence-electron chi connectivity index (χ3n) is 0.644. The summed E-state index contributed by atoms with van der Waals surface area (Å²) in [4.78, 5) is 0. The second-order valence-electron chi connectivity index (χ2n) is 1.39. The first-order valence-electron chi connectivity index (χ1n) is 2.03. The molecule has 0 aliphatic heterocycles. The second-order valence-corrected chi connectivity index (χ2v) is 1.39. The van der Waals surface area contributed by atoms with Gasteiger partial charge >= 0.3 is 51.4 Å². The minimum absolute atomic E-state index is 0. The summed E-state index contributed by atoms with van der Waals surface area (Å²) in [6.07, 6.45) is 1.08. The Morgan fingerprint density at radius 2 is 2.00 bits per heavy atom. The molecule has 2 heteroatoms. The molecule has 0 saturated heterocycles. The van der Waals surface area contributed by atoms with Crippen molar-refractivity contribution in [2.45, 2.75) is 26.1 Å². The number of hydrogen-bond donors (Lipinski definition) is 0. The van der Waals surface area contributed by atoms with Crippen LogP contribution >= 0.6 is 0 Å². The van der Waals surface area contributed by atoms with E-state index in [1.54, 1.807) is 0 Å². The Hall–Kier alpha value is 1.70. The maximum Gasteiger partial charge on any atom is 1.00 e. The van der Waals surface area contributed by atoms with Gasteiger partial charge in [-0.1, -0.05) is 26.1 Å². The van der Waals surface area contributed by atoms with Gasteiger partial charge in [0.15, 0.2) is 0 Å². The van der Waals surface area contributed by atoms with Crippen molar-refractivity contribution in [3.8, 4) is 0 Å². The molecule has 0 nitrogen and oxygen atoms in total. The van der Waals surface area contributed by atoms with E-state index in [2.05, 4.69) is 6.92 Å². The van der Waals surface area contributed by atoms with Gasteiger partial charge in [-0.05, 0) is 0 Å². The molecule has 0 saturated carbocycles. The van der Waals surface area contributed by atoms with Crippen LogP contribution in [0.2, 0.25) is 5.82 Å². The average molecular weight is 108 g/mol. The first-order chi connectivity index (χ1) is 2.27. The molecular formula is C4H10BK. The van der Waals surface area contributed by atoms with E-state index < -0.39 is 0 Å². The molecule has 0 amide bonds. The summed E-state index contributed by atoms with van der Waals surface area (Å²) in [5.41, 5.74) is 0. The summed E-state index contributed by atoms with van der Waals surface area (Å²) < 4.78 is 0. The van der Waals surface area contributed by atoms with Crippen LogP contribution < -0.4 is 51.4 Å². The van der Waals surface area contributed by atoms with Crippen LogP contribution in [-0.2, 0) is 0 Å². The fourth-order valence-electron chi connectivity index (χ4n) is 0. The second kappa shape index (κ2) is 6.70. The zero-order valence-corrected chi connectivity index (χ0v) is 7.98. The SMILES string of the molecule is [B]C(C)CC.[H-].[K+]. The van der Waals surface area contributed by atoms with Gasteiger partial charge in [0.2, 0.25) is 0 Å². The molecule has 0 aromatic heterocycles. The maximum atomic E-state index is 5.29. The first-order valence-corrected chi connectivity index (χ1v) is 2.03. The minimum Gasteiger partial charge on any atom is -1.00 e. The van der Waals surface area contributed by atoms with Gasteiger partial charge < -0.3 is 1.43 Å². The molecule has 0 aromatic carbocycles. The zero-order chi connectivity index (χ0) is 4.28. The maximum absolute atomic E-state index is 5.29. The zero-order valence-electron chi connectivity index (χ0n) is 5.86. The fraction of sp³-hybridized carbons (Fsp3) is 1.00. The molecule has 0 spiro atoms. The van der Waals surface area contributed by atoms with Gasteiger partial charge in [-0.3, -0.25) is 0 Å². The monoisotopic (exact) mass is 108 g/mol. The topological polar surface area (TPSA) is 0 Å². The van der Waals surface area contributed by atoms with Crippen molar-refractivity contribution in [1.82, 2.24) is 0 Å². The Balaban J connectivity index is -0.0000000800. The van der Waals surface area contributed by atoms with Crippen LogP contribution in [0.15, 0.2) is 0 Å². The Morgan fingerprint density at radius 3 is 2.00 bits per heavy atom. The van der Waals surface area contributed by atoms with Crippen LogP contribution in [0.3, 0.4) is 0 Å². The molecule has 1 unspecified atom stereocenters. The van der Waals surface area contributed by atoms with Gasteiger partial charge in [-0.25, -0.2) is 0 Å². The van der Waals surface area contributed by atoms with E-state index in [-0.39, 0.29) is 52.8 Å². The van der Waals surface area contributed by atoms with Gasteiger partial charge in [0, 0.05) is 0 Å². The van der Waals surface area contributed by atoms with Crippen LogP contribution in [0, 0.1) is 0 Å². The molecule has 0 aliphatic carbocycles. The van der Waals surface area contributed by atoms with Gasteiger partial charge in [-0.15, -0.1) is 0 Å². The summed E-state index contributed by atoms with van der Waals surface area (Å²) >= 11 is 0. The van der Waals surface area contributed by atoms with E-state index >= 15 is 0 Å². The summed E-state index contributed by atoms with van der Waals surface area (Å²) in [6, 6.07) is 0. The summed E-state index contributed by atoms with van der Waals surface area (Å²) in [5.74, 6) is 0.384. The van der Waals surface area contributed by atoms with Crippen molar-refractivity contribution in [2.75, 3.05) is 0 Å². The molecule has 6 heavy (non-hydrogen) atoms. The van der Waals surface area contributed by atoms with Gasteiger partial charge in [0.1, 0.15) is 0 Å². The normalized spacial score (nSPS) is 12.3. The molecule has 0 N–H and O–H groups in total. The van der Waals surface area contributed by atoms with Crippen molar-refractivity contribution in [3.63, 3.8) is 0 Å². The standard InChI is InChI=1S/C4H9B.K.H/c1-3-4(2)5;;/h4H,3H2,1-2H3;;/q;+1;-1. The molecule has 30 valence electrons. The smallest absolute Gasteiger partial charge is 1.00 e. The van der Waals surface area contributed by atoms with Crippen LogP contribution in [0.5, 0.6) is 0 Å². The van der Waals surface area contributed by atoms with Crippen molar-refractivity contribution in [3.05, 3.63) is 0 Å². The molecule has 0 aliphatic rings. The van der Waals surface area contributed by atoms with Gasteiger partial charge in [-0.2, -0.15) is 0 Å². The van der Waals surface area contributed by atoms with Crippen molar-refractivity contribution < 1.29 is 52.8 Å². The molecule has 0 heterocycles. The molecular weight excluding hydrogens is 98.0 g/mol. The molecule has 1 atom stereocenters. The predicted octanol–water partition coefficient (Wildman–Crippen LogP) is -1.51. The average Bonchev–Trinajstić information content (AvgIpc) is 1.38. The number of hydrogen-bond acceptors (Lipinski definition) is 0. The first kappa shape index (κ1) is 10.6. The molecule has 0 aromatic rings. The molecule has 0 rings (SSSR count). The molecule has 0 bridgehead atoms. The molecule has 0 fully saturated rings. The predicted molar refractivity (Wildman–Crippen MR) is 26.6 cm³/mol. The largest absolute Gasteiger partial charge is 1.00 e. The minimum atomic E-state index is 0. The number of rotatable bonds is 1. The third-order valence-corrected chi connectivity index (χ3v) is 0.644. The Morgan fingerprint density at radius 1 is 1.83 bits per heavy atom. The van der Waals surface area contributed by atoms with Crippen LogP contribution in [0.25, 0.3) is 0 Å². The summed E-state index contributed by atoms with van der Waals surface area (Å²) in [5, 5.41) is 0. The summed E-state index contributed by atoms with van der Waals surface area (Å²) in [7, 11) is 5.29. The van der Waals surface area contributed by atoms with E-state index in [1.165, 1.54) is 0 Å². The summed E-state index contributed by atoms with van der Waals surface area (Å²) in [6.45, 7) is 4.07. The van der Waals surface area contributed by atoms with Crippen molar-refractivity contribution >= 4 is 7.85 Å². The van der Waals surface area contributed by atoms with E-state index in [4.69, 9.17) is 7.85 Å². The molecule has 2 radical (unpaired) electrons. The Kier molecular flexibility index (Phi) is 11.9.